The number of fused-ring (bicyclic) bond motifs is 1. The summed E-state index contributed by atoms with van der Waals surface area (Å²) in [7, 11) is -3.46. The van der Waals surface area contributed by atoms with Gasteiger partial charge in [-0.1, -0.05) is 18.2 Å². The number of hydrogen-bond acceptors (Lipinski definition) is 5. The summed E-state index contributed by atoms with van der Waals surface area (Å²) in [6, 6.07) is 8.94. The van der Waals surface area contributed by atoms with Crippen molar-refractivity contribution in [3.8, 4) is 5.75 Å². The van der Waals surface area contributed by atoms with E-state index in [0.29, 0.717) is 6.61 Å². The molecule has 0 bridgehead atoms. The van der Waals surface area contributed by atoms with Gasteiger partial charge in [-0.05, 0) is 12.1 Å². The fourth-order valence-corrected chi connectivity index (χ4v) is 4.06. The quantitative estimate of drug-likeness (QED) is 0.928. The van der Waals surface area contributed by atoms with Gasteiger partial charge in [-0.25, -0.2) is 8.42 Å². The van der Waals surface area contributed by atoms with Gasteiger partial charge >= 0.3 is 0 Å². The van der Waals surface area contributed by atoms with E-state index in [1.807, 2.05) is 24.3 Å². The molecule has 0 saturated heterocycles. The molecule has 5 nitrogen and oxygen atoms in total. The second-order valence-corrected chi connectivity index (χ2v) is 6.74. The number of anilines is 1. The van der Waals surface area contributed by atoms with E-state index in [0.717, 1.165) is 11.3 Å². The number of nitrogen functional groups attached to an aromatic ring is 1. The highest BCUT2D eigenvalue weighted by atomic mass is 32.2. The maximum atomic E-state index is 12.5. The molecule has 1 aromatic heterocycles. The van der Waals surface area contributed by atoms with Gasteiger partial charge < -0.3 is 10.5 Å². The van der Waals surface area contributed by atoms with Crippen molar-refractivity contribution >= 4 is 15.5 Å². The lowest BCUT2D eigenvalue weighted by atomic mass is 10.0. The number of rotatable bonds is 3. The Kier molecular flexibility index (Phi) is 3.10. The highest BCUT2D eigenvalue weighted by Crippen LogP contribution is 2.35. The van der Waals surface area contributed by atoms with Crippen LogP contribution in [-0.2, 0) is 9.84 Å². The molecule has 0 saturated carbocycles. The van der Waals surface area contributed by atoms with E-state index in [4.69, 9.17) is 10.5 Å². The smallest absolute Gasteiger partial charge is 0.181 e. The summed E-state index contributed by atoms with van der Waals surface area (Å²) in [4.78, 5) is 3.95. The van der Waals surface area contributed by atoms with Gasteiger partial charge in [0.2, 0.25) is 0 Å². The summed E-state index contributed by atoms with van der Waals surface area (Å²) >= 11 is 0. The third-order valence-electron chi connectivity index (χ3n) is 3.36. The van der Waals surface area contributed by atoms with Gasteiger partial charge in [-0.15, -0.1) is 0 Å². The van der Waals surface area contributed by atoms with Crippen molar-refractivity contribution < 1.29 is 13.2 Å². The monoisotopic (exact) mass is 290 g/mol. The highest BCUT2D eigenvalue weighted by molar-refractivity contribution is 7.91. The number of para-hydroxylation sites is 1. The van der Waals surface area contributed by atoms with Crippen molar-refractivity contribution in [3.05, 3.63) is 48.3 Å². The normalized spacial score (nSPS) is 17.5. The maximum Gasteiger partial charge on any atom is 0.181 e. The zero-order chi connectivity index (χ0) is 14.2. The van der Waals surface area contributed by atoms with E-state index >= 15 is 0 Å². The van der Waals surface area contributed by atoms with Crippen molar-refractivity contribution in [3.63, 3.8) is 0 Å². The predicted molar refractivity (Wildman–Crippen MR) is 75.4 cm³/mol. The first-order valence-corrected chi connectivity index (χ1v) is 7.87. The van der Waals surface area contributed by atoms with Crippen LogP contribution < -0.4 is 10.5 Å². The van der Waals surface area contributed by atoms with Crippen LogP contribution in [-0.4, -0.2) is 25.8 Å². The summed E-state index contributed by atoms with van der Waals surface area (Å²) in [5, 5.41) is 0. The van der Waals surface area contributed by atoms with Crippen LogP contribution in [0.1, 0.15) is 11.5 Å². The molecule has 3 rings (SSSR count). The third-order valence-corrected chi connectivity index (χ3v) is 5.25. The first-order chi connectivity index (χ1) is 9.58. The van der Waals surface area contributed by atoms with E-state index in [-0.39, 0.29) is 22.3 Å². The molecule has 104 valence electrons. The fourth-order valence-electron chi connectivity index (χ4n) is 2.40. The van der Waals surface area contributed by atoms with Crippen LogP contribution in [0, 0.1) is 0 Å². The van der Waals surface area contributed by atoms with Crippen molar-refractivity contribution in [2.24, 2.45) is 0 Å². The molecule has 0 amide bonds. The Morgan fingerprint density at radius 3 is 2.90 bits per heavy atom. The molecule has 0 fully saturated rings. The topological polar surface area (TPSA) is 82.3 Å². The van der Waals surface area contributed by atoms with Crippen molar-refractivity contribution in [1.29, 1.82) is 0 Å². The van der Waals surface area contributed by atoms with E-state index in [1.54, 1.807) is 0 Å². The lowest BCUT2D eigenvalue weighted by Crippen LogP contribution is -2.17. The number of nitrogens with two attached hydrogens (primary N) is 1. The summed E-state index contributed by atoms with van der Waals surface area (Å²) in [6.45, 7) is 0.379. The van der Waals surface area contributed by atoms with E-state index in [2.05, 4.69) is 4.98 Å². The molecule has 2 heterocycles. The second-order valence-electron chi connectivity index (χ2n) is 4.74. The van der Waals surface area contributed by atoms with Gasteiger partial charge in [0.15, 0.2) is 9.84 Å². The predicted octanol–water partition coefficient (Wildman–Crippen LogP) is 1.61. The van der Waals surface area contributed by atoms with E-state index in [9.17, 15) is 8.42 Å². The zero-order valence-electron chi connectivity index (χ0n) is 10.7. The van der Waals surface area contributed by atoms with Crippen LogP contribution in [0.3, 0.4) is 0 Å². The molecule has 1 aliphatic rings. The maximum absolute atomic E-state index is 12.5. The second kappa shape index (κ2) is 4.79. The van der Waals surface area contributed by atoms with Crippen molar-refractivity contribution in [2.45, 2.75) is 10.8 Å². The van der Waals surface area contributed by atoms with Crippen molar-refractivity contribution in [2.75, 3.05) is 18.1 Å². The van der Waals surface area contributed by atoms with E-state index in [1.165, 1.54) is 18.5 Å². The average molecular weight is 290 g/mol. The lowest BCUT2D eigenvalue weighted by molar-refractivity contribution is 0.337. The Balaban J connectivity index is 1.91. The molecular formula is C14H14N2O3S. The van der Waals surface area contributed by atoms with Gasteiger partial charge in [0, 0.05) is 17.7 Å². The van der Waals surface area contributed by atoms with Crippen molar-refractivity contribution in [1.82, 2.24) is 4.98 Å². The molecule has 0 radical (unpaired) electrons. The van der Waals surface area contributed by atoms with Gasteiger partial charge in [0.05, 0.1) is 29.1 Å². The van der Waals surface area contributed by atoms with Crippen LogP contribution >= 0.6 is 0 Å². The Morgan fingerprint density at radius 2 is 2.10 bits per heavy atom. The third kappa shape index (κ3) is 2.22. The molecule has 0 spiro atoms. The first-order valence-electron chi connectivity index (χ1n) is 6.22. The van der Waals surface area contributed by atoms with Gasteiger partial charge in [-0.3, -0.25) is 4.98 Å². The highest BCUT2D eigenvalue weighted by Gasteiger charge is 2.30. The molecule has 1 unspecified atom stereocenters. The van der Waals surface area contributed by atoms with Gasteiger partial charge in [0.25, 0.3) is 0 Å². The molecule has 20 heavy (non-hydrogen) atoms. The summed E-state index contributed by atoms with van der Waals surface area (Å²) in [6.07, 6.45) is 2.79. The number of aromatic nitrogens is 1. The Labute approximate surface area is 117 Å². The number of hydrogen-bond donors (Lipinski definition) is 1. The molecule has 2 aromatic rings. The minimum absolute atomic E-state index is 0.0156. The molecular weight excluding hydrogens is 276 g/mol. The molecule has 1 aliphatic heterocycles. The summed E-state index contributed by atoms with van der Waals surface area (Å²) in [5.74, 6) is 0.581. The Hall–Kier alpha value is -2.08. The van der Waals surface area contributed by atoms with Crippen LogP contribution in [0.2, 0.25) is 0 Å². The number of pyridine rings is 1. The Bertz CT molecular complexity index is 744. The number of benzene rings is 1. The molecule has 2 N–H and O–H groups in total. The van der Waals surface area contributed by atoms with Crippen LogP contribution in [0.15, 0.2) is 47.6 Å². The summed E-state index contributed by atoms with van der Waals surface area (Å²) in [5.41, 5.74) is 6.82. The molecule has 6 heteroatoms. The standard InChI is InChI=1S/C14H14N2O3S/c15-12-7-16-6-5-14(12)20(17,18)9-10-8-19-13-4-2-1-3-11(10)13/h1-7,10H,8-9,15H2. The number of ether oxygens (including phenoxy) is 1. The number of sulfone groups is 1. The molecule has 1 aromatic carbocycles. The minimum atomic E-state index is -3.46. The first kappa shape index (κ1) is 12.9. The van der Waals surface area contributed by atoms with Crippen LogP contribution in [0.25, 0.3) is 0 Å². The van der Waals surface area contributed by atoms with Crippen LogP contribution in [0.4, 0.5) is 5.69 Å². The van der Waals surface area contributed by atoms with E-state index < -0.39 is 9.84 Å². The average Bonchev–Trinajstić information content (AvgIpc) is 2.82. The number of nitrogens with zero attached hydrogens (tertiary/aromatic N) is 1. The fraction of sp³-hybridized carbons (Fsp3) is 0.214. The van der Waals surface area contributed by atoms with Gasteiger partial charge in [0.1, 0.15) is 5.75 Å². The zero-order valence-corrected chi connectivity index (χ0v) is 11.5. The van der Waals surface area contributed by atoms with Gasteiger partial charge in [-0.2, -0.15) is 0 Å². The molecule has 0 aliphatic carbocycles. The minimum Gasteiger partial charge on any atom is -0.493 e. The molecule has 1 atom stereocenters. The largest absolute Gasteiger partial charge is 0.493 e. The SMILES string of the molecule is Nc1cnccc1S(=O)(=O)CC1COc2ccccc21. The summed E-state index contributed by atoms with van der Waals surface area (Å²) < 4.78 is 30.4. The Morgan fingerprint density at radius 1 is 1.30 bits per heavy atom. The van der Waals surface area contributed by atoms with Crippen LogP contribution in [0.5, 0.6) is 5.75 Å². The lowest BCUT2D eigenvalue weighted by Gasteiger charge is -2.11.